The first-order chi connectivity index (χ1) is 18.6. The highest BCUT2D eigenvalue weighted by atomic mass is 16.6. The molecule has 0 bridgehead atoms. The summed E-state index contributed by atoms with van der Waals surface area (Å²) in [5.74, 6) is -0.893. The third-order valence-corrected chi connectivity index (χ3v) is 8.05. The van der Waals surface area contributed by atoms with E-state index in [1.54, 1.807) is 0 Å². The van der Waals surface area contributed by atoms with Crippen LogP contribution in [0.4, 0.5) is 10.5 Å². The number of hydrogen-bond donors (Lipinski definition) is 2. The van der Waals surface area contributed by atoms with Gasteiger partial charge in [-0.1, -0.05) is 0 Å². The van der Waals surface area contributed by atoms with Crippen molar-refractivity contribution in [2.24, 2.45) is 5.92 Å². The minimum absolute atomic E-state index is 0.198. The lowest BCUT2D eigenvalue weighted by Gasteiger charge is -2.42. The van der Waals surface area contributed by atoms with E-state index in [1.165, 1.54) is 4.57 Å². The van der Waals surface area contributed by atoms with Crippen LogP contribution in [0.25, 0.3) is 11.1 Å². The van der Waals surface area contributed by atoms with E-state index in [2.05, 4.69) is 20.4 Å². The third-order valence-electron chi connectivity index (χ3n) is 8.05. The normalized spacial score (nSPS) is 22.2. The molecule has 1 aromatic heterocycles. The highest BCUT2D eigenvalue weighted by Gasteiger charge is 2.32. The second kappa shape index (κ2) is 11.0. The molecule has 5 rings (SSSR count). The van der Waals surface area contributed by atoms with Gasteiger partial charge >= 0.3 is 11.8 Å². The number of nitrogens with zero attached hydrogens (tertiary/aromatic N) is 3. The highest BCUT2D eigenvalue weighted by molar-refractivity contribution is 6.00. The molecule has 0 spiro atoms. The number of anilines is 1. The predicted molar refractivity (Wildman–Crippen MR) is 146 cm³/mol. The maximum atomic E-state index is 12.6. The van der Waals surface area contributed by atoms with Crippen molar-refractivity contribution in [1.29, 1.82) is 0 Å². The van der Waals surface area contributed by atoms with Crippen LogP contribution in [-0.2, 0) is 14.3 Å². The lowest BCUT2D eigenvalue weighted by molar-refractivity contribution is -0.135. The maximum absolute atomic E-state index is 12.6. The number of imide groups is 1. The Bertz CT molecular complexity index is 1280. The molecule has 3 aliphatic rings. The largest absolute Gasteiger partial charge is 0.444 e. The van der Waals surface area contributed by atoms with Gasteiger partial charge in [-0.3, -0.25) is 19.5 Å². The number of ether oxygens (including phenoxy) is 1. The maximum Gasteiger partial charge on any atom is 0.420 e. The Hall–Kier alpha value is -3.34. The van der Waals surface area contributed by atoms with Crippen molar-refractivity contribution in [3.05, 3.63) is 28.7 Å². The van der Waals surface area contributed by atoms with Crippen molar-refractivity contribution < 1.29 is 23.5 Å². The van der Waals surface area contributed by atoms with Crippen LogP contribution < -0.4 is 21.3 Å². The minimum Gasteiger partial charge on any atom is -0.444 e. The molecule has 39 heavy (non-hydrogen) atoms. The fourth-order valence-electron chi connectivity index (χ4n) is 6.00. The van der Waals surface area contributed by atoms with Crippen molar-refractivity contribution in [3.8, 4) is 0 Å². The van der Waals surface area contributed by atoms with Crippen LogP contribution in [0.1, 0.15) is 65.3 Å². The Kier molecular flexibility index (Phi) is 7.70. The summed E-state index contributed by atoms with van der Waals surface area (Å²) >= 11 is 0. The Labute approximate surface area is 227 Å². The van der Waals surface area contributed by atoms with E-state index in [-0.39, 0.29) is 24.8 Å². The zero-order valence-electron chi connectivity index (χ0n) is 23.0. The van der Waals surface area contributed by atoms with E-state index in [0.717, 1.165) is 57.5 Å². The molecule has 3 aliphatic heterocycles. The van der Waals surface area contributed by atoms with E-state index in [1.807, 2.05) is 39.0 Å². The van der Waals surface area contributed by atoms with Gasteiger partial charge in [0.05, 0.1) is 5.52 Å². The van der Waals surface area contributed by atoms with Gasteiger partial charge in [0.2, 0.25) is 11.8 Å². The van der Waals surface area contributed by atoms with Crippen LogP contribution in [0.15, 0.2) is 27.4 Å². The summed E-state index contributed by atoms with van der Waals surface area (Å²) in [6.45, 7) is 10.2. The molecule has 11 heteroatoms. The second-order valence-corrected chi connectivity index (χ2v) is 11.9. The zero-order chi connectivity index (χ0) is 27.7. The number of nitrogens with one attached hydrogen (secondary N) is 2. The van der Waals surface area contributed by atoms with E-state index < -0.39 is 23.3 Å². The third kappa shape index (κ3) is 6.29. The summed E-state index contributed by atoms with van der Waals surface area (Å²) in [4.78, 5) is 53.3. The van der Waals surface area contributed by atoms with Crippen LogP contribution in [0.2, 0.25) is 0 Å². The Balaban J connectivity index is 1.13. The lowest BCUT2D eigenvalue weighted by atomic mass is 9.93. The molecule has 3 fully saturated rings. The fourth-order valence-corrected chi connectivity index (χ4v) is 6.00. The average molecular weight is 542 g/mol. The van der Waals surface area contributed by atoms with Gasteiger partial charge in [0, 0.05) is 43.9 Å². The van der Waals surface area contributed by atoms with Gasteiger partial charge in [-0.05, 0) is 84.0 Å². The molecule has 1 atom stereocenters. The van der Waals surface area contributed by atoms with Crippen molar-refractivity contribution in [2.75, 3.05) is 37.6 Å². The minimum atomic E-state index is -0.740. The molecule has 0 radical (unpaired) electrons. The molecule has 3 saturated heterocycles. The molecule has 212 valence electrons. The van der Waals surface area contributed by atoms with E-state index in [4.69, 9.17) is 9.15 Å². The van der Waals surface area contributed by atoms with E-state index in [9.17, 15) is 19.2 Å². The molecule has 0 aliphatic carbocycles. The van der Waals surface area contributed by atoms with Gasteiger partial charge in [-0.2, -0.15) is 0 Å². The highest BCUT2D eigenvalue weighted by Crippen LogP contribution is 2.30. The standard InChI is InChI=1S/C28H39N5O6/c1-28(2,3)39-26(36)29-17-18-8-12-31(13-9-18)19-10-14-32(15-11-19)20-4-5-21-23(16-20)38-27(37)33(21)22-6-7-24(34)30-25(22)35/h4-5,16,18-19,22H,6-15,17H2,1-3H3,(H,29,36)(H,30,34,35). The van der Waals surface area contributed by atoms with Crippen LogP contribution in [0, 0.1) is 5.92 Å². The topological polar surface area (TPSA) is 126 Å². The van der Waals surface area contributed by atoms with Crippen molar-refractivity contribution in [2.45, 2.75) is 77.0 Å². The van der Waals surface area contributed by atoms with Crippen LogP contribution >= 0.6 is 0 Å². The van der Waals surface area contributed by atoms with Crippen LogP contribution in [-0.4, -0.2) is 71.7 Å². The number of benzene rings is 1. The second-order valence-electron chi connectivity index (χ2n) is 11.9. The number of carbonyl (C=O) groups is 3. The molecule has 11 nitrogen and oxygen atoms in total. The molecule has 2 aromatic rings. The first-order valence-corrected chi connectivity index (χ1v) is 14.0. The van der Waals surface area contributed by atoms with Gasteiger partial charge in [0.1, 0.15) is 11.6 Å². The molecule has 1 unspecified atom stereocenters. The number of fused-ring (bicyclic) bond motifs is 1. The number of amides is 3. The lowest BCUT2D eigenvalue weighted by Crippen LogP contribution is -2.48. The molecule has 0 saturated carbocycles. The summed E-state index contributed by atoms with van der Waals surface area (Å²) in [5, 5.41) is 5.23. The van der Waals surface area contributed by atoms with Gasteiger partial charge in [0.15, 0.2) is 5.58 Å². The number of hydrogen-bond acceptors (Lipinski definition) is 8. The molecule has 2 N–H and O–H groups in total. The van der Waals surface area contributed by atoms with Gasteiger partial charge in [-0.15, -0.1) is 0 Å². The van der Waals surface area contributed by atoms with Crippen molar-refractivity contribution in [3.63, 3.8) is 0 Å². The average Bonchev–Trinajstić information content (AvgIpc) is 3.22. The number of aromatic nitrogens is 1. The Morgan fingerprint density at radius 1 is 1.05 bits per heavy atom. The summed E-state index contributed by atoms with van der Waals surface area (Å²) in [7, 11) is 0. The molecule has 1 aromatic carbocycles. The smallest absolute Gasteiger partial charge is 0.420 e. The number of alkyl carbamates (subject to hydrolysis) is 1. The Morgan fingerprint density at radius 2 is 1.77 bits per heavy atom. The van der Waals surface area contributed by atoms with Crippen molar-refractivity contribution >= 4 is 34.7 Å². The number of rotatable bonds is 5. The zero-order valence-corrected chi connectivity index (χ0v) is 23.0. The molecule has 3 amide bonds. The summed E-state index contributed by atoms with van der Waals surface area (Å²) in [6, 6.07) is 5.49. The predicted octanol–water partition coefficient (Wildman–Crippen LogP) is 2.78. The number of likely N-dealkylation sites (tertiary alicyclic amines) is 1. The van der Waals surface area contributed by atoms with Gasteiger partial charge in [0.25, 0.3) is 0 Å². The van der Waals surface area contributed by atoms with Crippen molar-refractivity contribution in [1.82, 2.24) is 20.1 Å². The quantitative estimate of drug-likeness (QED) is 0.554. The molecular weight excluding hydrogens is 502 g/mol. The Morgan fingerprint density at radius 3 is 2.44 bits per heavy atom. The first-order valence-electron chi connectivity index (χ1n) is 14.0. The number of carbonyl (C=O) groups excluding carboxylic acids is 3. The van der Waals surface area contributed by atoms with Crippen LogP contribution in [0.3, 0.4) is 0 Å². The fraction of sp³-hybridized carbons (Fsp3) is 0.643. The first kappa shape index (κ1) is 27.2. The SMILES string of the molecule is CC(C)(C)OC(=O)NCC1CCN(C2CCN(c3ccc4c(c3)oc(=O)n4C3CCC(=O)NC3=O)CC2)CC1. The number of piperidine rings is 3. The summed E-state index contributed by atoms with van der Waals surface area (Å²) < 4.78 is 12.2. The summed E-state index contributed by atoms with van der Waals surface area (Å²) in [5.41, 5.74) is 1.53. The monoisotopic (exact) mass is 541 g/mol. The molecular formula is C28H39N5O6. The van der Waals surface area contributed by atoms with Crippen LogP contribution in [0.5, 0.6) is 0 Å². The van der Waals surface area contributed by atoms with Gasteiger partial charge < -0.3 is 24.3 Å². The van der Waals surface area contributed by atoms with E-state index in [0.29, 0.717) is 29.6 Å². The number of oxazole rings is 1. The van der Waals surface area contributed by atoms with Gasteiger partial charge in [-0.25, -0.2) is 9.59 Å². The van der Waals surface area contributed by atoms with E-state index >= 15 is 0 Å². The molecule has 4 heterocycles. The summed E-state index contributed by atoms with van der Waals surface area (Å²) in [6.07, 6.45) is 4.38.